The standard InChI is InChI=1S/C26H22N4O2S/c1-31-18-7-5-6-17(14-18)24-22-23(29-26-27-15-28-30(24)26)20-8-3-4-9-21(20)32-25(22)16-10-12-19(33-2)13-11-16/h3-15,24-25H,1-2H3,(H,27,28,29)/t24-,25-/m1/s1. The molecule has 0 radical (unpaired) electrons. The van der Waals surface area contributed by atoms with E-state index in [4.69, 9.17) is 9.47 Å². The van der Waals surface area contributed by atoms with E-state index in [-0.39, 0.29) is 12.1 Å². The fraction of sp³-hybridized carbons (Fsp3) is 0.154. The molecule has 0 saturated heterocycles. The minimum atomic E-state index is -0.285. The molecule has 3 aromatic carbocycles. The van der Waals surface area contributed by atoms with Crippen molar-refractivity contribution < 1.29 is 9.47 Å². The van der Waals surface area contributed by atoms with Gasteiger partial charge >= 0.3 is 0 Å². The van der Waals surface area contributed by atoms with Gasteiger partial charge in [-0.25, -0.2) is 4.68 Å². The number of aromatic nitrogens is 3. The summed E-state index contributed by atoms with van der Waals surface area (Å²) in [5, 5.41) is 8.12. The summed E-state index contributed by atoms with van der Waals surface area (Å²) >= 11 is 1.73. The predicted octanol–water partition coefficient (Wildman–Crippen LogP) is 5.57. The van der Waals surface area contributed by atoms with Gasteiger partial charge in [0.15, 0.2) is 0 Å². The van der Waals surface area contributed by atoms with E-state index in [1.54, 1.807) is 25.2 Å². The minimum Gasteiger partial charge on any atom is -0.497 e. The van der Waals surface area contributed by atoms with E-state index >= 15 is 0 Å². The number of nitrogens with one attached hydrogen (secondary N) is 1. The number of para-hydroxylation sites is 1. The lowest BCUT2D eigenvalue weighted by Gasteiger charge is -2.39. The Bertz CT molecular complexity index is 1360. The third-order valence-corrected chi connectivity index (χ3v) is 6.89. The van der Waals surface area contributed by atoms with Gasteiger partial charge < -0.3 is 14.8 Å². The number of anilines is 1. The Hall–Kier alpha value is -3.71. The number of ether oxygens (including phenoxy) is 2. The highest BCUT2D eigenvalue weighted by Crippen LogP contribution is 2.50. The lowest BCUT2D eigenvalue weighted by atomic mass is 9.84. The first-order chi connectivity index (χ1) is 16.3. The average Bonchev–Trinajstić information content (AvgIpc) is 3.35. The Balaban J connectivity index is 1.60. The number of methoxy groups -OCH3 is 1. The van der Waals surface area contributed by atoms with Crippen LogP contribution in [0.25, 0.3) is 5.70 Å². The van der Waals surface area contributed by atoms with Crippen molar-refractivity contribution in [3.05, 3.63) is 101 Å². The van der Waals surface area contributed by atoms with Crippen molar-refractivity contribution in [1.29, 1.82) is 0 Å². The van der Waals surface area contributed by atoms with Crippen LogP contribution >= 0.6 is 11.8 Å². The normalized spacial score (nSPS) is 18.5. The molecule has 0 saturated carbocycles. The van der Waals surface area contributed by atoms with Crippen LogP contribution in [-0.4, -0.2) is 28.1 Å². The van der Waals surface area contributed by atoms with E-state index in [2.05, 4.69) is 64.1 Å². The van der Waals surface area contributed by atoms with Crippen molar-refractivity contribution in [2.45, 2.75) is 17.0 Å². The average molecular weight is 455 g/mol. The predicted molar refractivity (Wildman–Crippen MR) is 130 cm³/mol. The van der Waals surface area contributed by atoms with Gasteiger partial charge in [0.1, 0.15) is 30.0 Å². The zero-order valence-corrected chi connectivity index (χ0v) is 19.0. The summed E-state index contributed by atoms with van der Waals surface area (Å²) < 4.78 is 14.1. The maximum absolute atomic E-state index is 6.66. The highest BCUT2D eigenvalue weighted by Gasteiger charge is 2.40. The van der Waals surface area contributed by atoms with Gasteiger partial charge in [0.05, 0.1) is 12.8 Å². The second kappa shape index (κ2) is 8.01. The summed E-state index contributed by atoms with van der Waals surface area (Å²) in [5.41, 5.74) is 5.28. The van der Waals surface area contributed by atoms with E-state index in [1.807, 2.05) is 35.0 Å². The first-order valence-electron chi connectivity index (χ1n) is 10.7. The van der Waals surface area contributed by atoms with Crippen molar-refractivity contribution in [2.75, 3.05) is 18.7 Å². The first kappa shape index (κ1) is 19.9. The molecule has 3 heterocycles. The Labute approximate surface area is 196 Å². The second-order valence-electron chi connectivity index (χ2n) is 7.93. The molecule has 2 atom stereocenters. The van der Waals surface area contributed by atoms with Gasteiger partial charge in [-0.1, -0.05) is 36.4 Å². The van der Waals surface area contributed by atoms with Gasteiger partial charge in [-0.3, -0.25) is 0 Å². The Kier molecular flexibility index (Phi) is 4.84. The smallest absolute Gasteiger partial charge is 0.226 e. The van der Waals surface area contributed by atoms with Gasteiger partial charge in [-0.2, -0.15) is 10.1 Å². The zero-order chi connectivity index (χ0) is 22.4. The Morgan fingerprint density at radius 2 is 1.85 bits per heavy atom. The minimum absolute atomic E-state index is 0.201. The second-order valence-corrected chi connectivity index (χ2v) is 8.81. The molecule has 164 valence electrons. The van der Waals surface area contributed by atoms with Crippen LogP contribution in [0.15, 0.2) is 89.6 Å². The van der Waals surface area contributed by atoms with Crippen LogP contribution < -0.4 is 14.8 Å². The Morgan fingerprint density at radius 1 is 1.00 bits per heavy atom. The highest BCUT2D eigenvalue weighted by atomic mass is 32.2. The molecule has 2 aliphatic heterocycles. The van der Waals surface area contributed by atoms with Crippen molar-refractivity contribution in [2.24, 2.45) is 0 Å². The van der Waals surface area contributed by atoms with E-state index in [1.165, 1.54) is 4.90 Å². The summed E-state index contributed by atoms with van der Waals surface area (Å²) in [5.74, 6) is 2.35. The number of thioether (sulfide) groups is 1. The maximum Gasteiger partial charge on any atom is 0.226 e. The molecular weight excluding hydrogens is 432 g/mol. The molecule has 0 amide bonds. The van der Waals surface area contributed by atoms with E-state index in [0.29, 0.717) is 5.95 Å². The van der Waals surface area contributed by atoms with Crippen LogP contribution in [0.1, 0.15) is 28.8 Å². The molecule has 1 N–H and O–H groups in total. The van der Waals surface area contributed by atoms with Crippen molar-refractivity contribution in [1.82, 2.24) is 14.8 Å². The lowest BCUT2D eigenvalue weighted by molar-refractivity contribution is 0.223. The van der Waals surface area contributed by atoms with Gasteiger partial charge in [-0.15, -0.1) is 11.8 Å². The quantitative estimate of drug-likeness (QED) is 0.407. The molecular formula is C26H22N4O2S. The van der Waals surface area contributed by atoms with Crippen LogP contribution in [0.5, 0.6) is 11.5 Å². The fourth-order valence-electron chi connectivity index (χ4n) is 4.60. The number of rotatable bonds is 4. The monoisotopic (exact) mass is 454 g/mol. The third kappa shape index (κ3) is 3.27. The highest BCUT2D eigenvalue weighted by molar-refractivity contribution is 7.98. The van der Waals surface area contributed by atoms with Gasteiger partial charge in [-0.05, 0) is 53.8 Å². The number of nitrogens with zero attached hydrogens (tertiary/aromatic N) is 3. The van der Waals surface area contributed by atoms with Crippen LogP contribution in [0, 0.1) is 0 Å². The first-order valence-corrected chi connectivity index (χ1v) is 11.9. The summed E-state index contributed by atoms with van der Waals surface area (Å²) in [7, 11) is 1.68. The number of hydrogen-bond donors (Lipinski definition) is 1. The number of benzene rings is 3. The summed E-state index contributed by atoms with van der Waals surface area (Å²) in [6, 6.07) is 24.6. The summed E-state index contributed by atoms with van der Waals surface area (Å²) in [4.78, 5) is 5.71. The third-order valence-electron chi connectivity index (χ3n) is 6.15. The molecule has 1 aromatic heterocycles. The van der Waals surface area contributed by atoms with Crippen molar-refractivity contribution >= 4 is 23.4 Å². The van der Waals surface area contributed by atoms with E-state index in [9.17, 15) is 0 Å². The zero-order valence-electron chi connectivity index (χ0n) is 18.2. The van der Waals surface area contributed by atoms with Crippen LogP contribution in [0.2, 0.25) is 0 Å². The van der Waals surface area contributed by atoms with Crippen molar-refractivity contribution in [3.63, 3.8) is 0 Å². The molecule has 6 nitrogen and oxygen atoms in total. The molecule has 6 rings (SSSR count). The van der Waals surface area contributed by atoms with E-state index < -0.39 is 0 Å². The van der Waals surface area contributed by atoms with E-state index in [0.717, 1.165) is 39.5 Å². The van der Waals surface area contributed by atoms with Gasteiger partial charge in [0, 0.05) is 16.0 Å². The molecule has 0 fully saturated rings. The molecule has 2 aliphatic rings. The van der Waals surface area contributed by atoms with Gasteiger partial charge in [0.2, 0.25) is 5.95 Å². The molecule has 0 unspecified atom stereocenters. The molecule has 0 bridgehead atoms. The summed E-state index contributed by atoms with van der Waals surface area (Å²) in [6.45, 7) is 0. The summed E-state index contributed by atoms with van der Waals surface area (Å²) in [6.07, 6.45) is 3.38. The molecule has 0 aliphatic carbocycles. The number of fused-ring (bicyclic) bond motifs is 3. The molecule has 4 aromatic rings. The Morgan fingerprint density at radius 3 is 2.67 bits per heavy atom. The fourth-order valence-corrected chi connectivity index (χ4v) is 5.01. The number of hydrogen-bond acceptors (Lipinski definition) is 6. The molecule has 33 heavy (non-hydrogen) atoms. The topological polar surface area (TPSA) is 61.2 Å². The van der Waals surface area contributed by atoms with Crippen LogP contribution in [0.3, 0.4) is 0 Å². The lowest BCUT2D eigenvalue weighted by Crippen LogP contribution is -2.32. The molecule has 0 spiro atoms. The largest absolute Gasteiger partial charge is 0.497 e. The van der Waals surface area contributed by atoms with Crippen LogP contribution in [0.4, 0.5) is 5.95 Å². The molecule has 7 heteroatoms. The SMILES string of the molecule is COc1cccc([C@@H]2C3=C(Nc4ncnn42)c2ccccc2O[C@@H]3c2ccc(SC)cc2)c1. The maximum atomic E-state index is 6.66. The van der Waals surface area contributed by atoms with Crippen molar-refractivity contribution in [3.8, 4) is 11.5 Å². The van der Waals surface area contributed by atoms with Crippen LogP contribution in [-0.2, 0) is 0 Å². The van der Waals surface area contributed by atoms with Gasteiger partial charge in [0.25, 0.3) is 0 Å².